The standard InChI is InChI=1S/C9H9ClO/c1-6-3-4-8(7(2)10)9(11)5-6/h3-5,11H,2H2,1H3. The summed E-state index contributed by atoms with van der Waals surface area (Å²) in [7, 11) is 0. The molecule has 0 bridgehead atoms. The molecule has 1 aromatic carbocycles. The molecule has 0 aromatic heterocycles. The van der Waals surface area contributed by atoms with Crippen molar-refractivity contribution in [3.63, 3.8) is 0 Å². The number of benzene rings is 1. The van der Waals surface area contributed by atoms with Crippen molar-refractivity contribution in [1.82, 2.24) is 0 Å². The molecular weight excluding hydrogens is 160 g/mol. The van der Waals surface area contributed by atoms with Crippen molar-refractivity contribution in [1.29, 1.82) is 0 Å². The fourth-order valence-electron chi connectivity index (χ4n) is 0.871. The van der Waals surface area contributed by atoms with Crippen molar-refractivity contribution in [2.45, 2.75) is 6.92 Å². The van der Waals surface area contributed by atoms with Crippen LogP contribution in [0.25, 0.3) is 5.03 Å². The first-order valence-electron chi connectivity index (χ1n) is 3.25. The molecule has 0 radical (unpaired) electrons. The topological polar surface area (TPSA) is 20.2 Å². The molecule has 1 nitrogen and oxygen atoms in total. The highest BCUT2D eigenvalue weighted by atomic mass is 35.5. The Balaban J connectivity index is 3.20. The molecule has 0 aliphatic heterocycles. The normalized spacial score (nSPS) is 9.64. The first-order chi connectivity index (χ1) is 5.11. The molecule has 0 fully saturated rings. The van der Waals surface area contributed by atoms with Crippen LogP contribution in [-0.4, -0.2) is 5.11 Å². The van der Waals surface area contributed by atoms with Crippen molar-refractivity contribution in [2.75, 3.05) is 0 Å². The van der Waals surface area contributed by atoms with Crippen LogP contribution in [0.5, 0.6) is 5.75 Å². The van der Waals surface area contributed by atoms with Crippen LogP contribution in [0.3, 0.4) is 0 Å². The lowest BCUT2D eigenvalue weighted by atomic mass is 10.1. The maximum absolute atomic E-state index is 9.32. The van der Waals surface area contributed by atoms with Crippen molar-refractivity contribution in [3.05, 3.63) is 35.9 Å². The molecule has 1 aromatic rings. The van der Waals surface area contributed by atoms with E-state index in [1.807, 2.05) is 13.0 Å². The van der Waals surface area contributed by atoms with Crippen LogP contribution in [-0.2, 0) is 0 Å². The van der Waals surface area contributed by atoms with Crippen LogP contribution in [0, 0.1) is 6.92 Å². The number of aryl methyl sites for hydroxylation is 1. The number of hydrogen-bond acceptors (Lipinski definition) is 1. The minimum Gasteiger partial charge on any atom is -0.507 e. The van der Waals surface area contributed by atoms with Gasteiger partial charge in [-0.25, -0.2) is 0 Å². The molecule has 1 rings (SSSR count). The SMILES string of the molecule is C=C(Cl)c1ccc(C)cc1O. The van der Waals surface area contributed by atoms with Gasteiger partial charge in [0.25, 0.3) is 0 Å². The smallest absolute Gasteiger partial charge is 0.124 e. The molecule has 2 heteroatoms. The summed E-state index contributed by atoms with van der Waals surface area (Å²) in [6.07, 6.45) is 0. The molecule has 11 heavy (non-hydrogen) atoms. The first-order valence-corrected chi connectivity index (χ1v) is 3.63. The van der Waals surface area contributed by atoms with Gasteiger partial charge in [0.1, 0.15) is 5.75 Å². The molecule has 0 saturated heterocycles. The molecule has 0 aliphatic rings. The predicted octanol–water partition coefficient (Wildman–Crippen LogP) is 2.91. The third-order valence-electron chi connectivity index (χ3n) is 1.45. The third kappa shape index (κ3) is 1.75. The highest BCUT2D eigenvalue weighted by Gasteiger charge is 2.01. The molecule has 0 atom stereocenters. The van der Waals surface area contributed by atoms with E-state index in [1.54, 1.807) is 12.1 Å². The van der Waals surface area contributed by atoms with Gasteiger partial charge in [0.15, 0.2) is 0 Å². The van der Waals surface area contributed by atoms with E-state index in [2.05, 4.69) is 6.58 Å². The zero-order chi connectivity index (χ0) is 8.43. The van der Waals surface area contributed by atoms with Gasteiger partial charge >= 0.3 is 0 Å². The highest BCUT2D eigenvalue weighted by molar-refractivity contribution is 6.48. The van der Waals surface area contributed by atoms with E-state index < -0.39 is 0 Å². The van der Waals surface area contributed by atoms with Crippen molar-refractivity contribution in [3.8, 4) is 5.75 Å². The zero-order valence-electron chi connectivity index (χ0n) is 6.26. The molecule has 0 spiro atoms. The third-order valence-corrected chi connectivity index (χ3v) is 1.65. The van der Waals surface area contributed by atoms with Gasteiger partial charge in [0, 0.05) is 10.6 Å². The highest BCUT2D eigenvalue weighted by Crippen LogP contribution is 2.26. The fourth-order valence-corrected chi connectivity index (χ4v) is 1.03. The lowest BCUT2D eigenvalue weighted by molar-refractivity contribution is 0.473. The van der Waals surface area contributed by atoms with Gasteiger partial charge < -0.3 is 5.11 Å². The lowest BCUT2D eigenvalue weighted by Crippen LogP contribution is -1.78. The summed E-state index contributed by atoms with van der Waals surface area (Å²) in [6.45, 7) is 5.42. The summed E-state index contributed by atoms with van der Waals surface area (Å²) in [4.78, 5) is 0. The van der Waals surface area contributed by atoms with Crippen LogP contribution in [0.4, 0.5) is 0 Å². The number of halogens is 1. The summed E-state index contributed by atoms with van der Waals surface area (Å²) in [5, 5.41) is 9.68. The van der Waals surface area contributed by atoms with E-state index >= 15 is 0 Å². The van der Waals surface area contributed by atoms with Gasteiger partial charge in [-0.3, -0.25) is 0 Å². The van der Waals surface area contributed by atoms with E-state index in [1.165, 1.54) is 0 Å². The van der Waals surface area contributed by atoms with E-state index in [0.29, 0.717) is 10.6 Å². The second kappa shape index (κ2) is 2.97. The van der Waals surface area contributed by atoms with Crippen LogP contribution < -0.4 is 0 Å². The number of hydrogen-bond donors (Lipinski definition) is 1. The number of phenols is 1. The zero-order valence-corrected chi connectivity index (χ0v) is 7.02. The maximum atomic E-state index is 9.32. The van der Waals surface area contributed by atoms with Crippen LogP contribution in [0.2, 0.25) is 0 Å². The van der Waals surface area contributed by atoms with E-state index in [9.17, 15) is 5.11 Å². The lowest BCUT2D eigenvalue weighted by Gasteiger charge is -2.01. The second-order valence-electron chi connectivity index (χ2n) is 2.43. The van der Waals surface area contributed by atoms with Crippen molar-refractivity contribution >= 4 is 16.6 Å². The van der Waals surface area contributed by atoms with Crippen molar-refractivity contribution < 1.29 is 5.11 Å². The molecule has 0 amide bonds. The average Bonchev–Trinajstić information content (AvgIpc) is 1.85. The van der Waals surface area contributed by atoms with Gasteiger partial charge in [-0.1, -0.05) is 24.2 Å². The minimum atomic E-state index is 0.185. The molecule has 58 valence electrons. The molecule has 1 N–H and O–H groups in total. The molecule has 0 heterocycles. The van der Waals surface area contributed by atoms with Crippen LogP contribution >= 0.6 is 11.6 Å². The van der Waals surface area contributed by atoms with Gasteiger partial charge in [0.2, 0.25) is 0 Å². The van der Waals surface area contributed by atoms with Crippen LogP contribution in [0.1, 0.15) is 11.1 Å². The van der Waals surface area contributed by atoms with Gasteiger partial charge in [0.05, 0.1) is 0 Å². The van der Waals surface area contributed by atoms with E-state index in [-0.39, 0.29) is 5.75 Å². The summed E-state index contributed by atoms with van der Waals surface area (Å²) in [5.41, 5.74) is 1.60. The summed E-state index contributed by atoms with van der Waals surface area (Å²) < 4.78 is 0. The fraction of sp³-hybridized carbons (Fsp3) is 0.111. The van der Waals surface area contributed by atoms with Gasteiger partial charge in [-0.05, 0) is 24.6 Å². The number of rotatable bonds is 1. The second-order valence-corrected chi connectivity index (χ2v) is 2.88. The Kier molecular flexibility index (Phi) is 2.20. The largest absolute Gasteiger partial charge is 0.507 e. The average molecular weight is 169 g/mol. The van der Waals surface area contributed by atoms with Crippen molar-refractivity contribution in [2.24, 2.45) is 0 Å². The minimum absolute atomic E-state index is 0.185. The Bertz CT molecular complexity index is 292. The Morgan fingerprint density at radius 3 is 2.64 bits per heavy atom. The Morgan fingerprint density at radius 2 is 2.18 bits per heavy atom. The Labute approximate surface area is 70.9 Å². The maximum Gasteiger partial charge on any atom is 0.124 e. The monoisotopic (exact) mass is 168 g/mol. The Morgan fingerprint density at radius 1 is 1.55 bits per heavy atom. The summed E-state index contributed by atoms with van der Waals surface area (Å²) in [6, 6.07) is 5.28. The predicted molar refractivity (Wildman–Crippen MR) is 47.7 cm³/mol. The summed E-state index contributed by atoms with van der Waals surface area (Å²) in [5.74, 6) is 0.185. The quantitative estimate of drug-likeness (QED) is 0.684. The molecule has 0 saturated carbocycles. The van der Waals surface area contributed by atoms with Gasteiger partial charge in [-0.2, -0.15) is 0 Å². The number of phenolic OH excluding ortho intramolecular Hbond substituents is 1. The van der Waals surface area contributed by atoms with Crippen LogP contribution in [0.15, 0.2) is 24.8 Å². The summed E-state index contributed by atoms with van der Waals surface area (Å²) >= 11 is 5.61. The molecular formula is C9H9ClO. The molecule has 0 aliphatic carbocycles. The van der Waals surface area contributed by atoms with E-state index in [0.717, 1.165) is 5.56 Å². The first kappa shape index (κ1) is 8.15. The number of aromatic hydroxyl groups is 1. The van der Waals surface area contributed by atoms with Gasteiger partial charge in [-0.15, -0.1) is 0 Å². The van der Waals surface area contributed by atoms with E-state index in [4.69, 9.17) is 11.6 Å². The molecule has 0 unspecified atom stereocenters. The Hall–Kier alpha value is -0.950.